The minimum absolute atomic E-state index is 0.0277. The van der Waals surface area contributed by atoms with Crippen LogP contribution < -0.4 is 0 Å². The molecule has 0 unspecified atom stereocenters. The van der Waals surface area contributed by atoms with Gasteiger partial charge in [0.05, 0.1) is 11.9 Å². The van der Waals surface area contributed by atoms with Crippen molar-refractivity contribution in [3.8, 4) is 11.5 Å². The monoisotopic (exact) mass is 300 g/mol. The summed E-state index contributed by atoms with van der Waals surface area (Å²) in [5, 5.41) is 2.33. The molecule has 0 bridgehead atoms. The first kappa shape index (κ1) is 15.0. The Morgan fingerprint density at radius 1 is 1.30 bits per heavy atom. The Morgan fingerprint density at radius 3 is 2.40 bits per heavy atom. The SMILES string of the molecule is CCC(CC)(c1ncc(-c2cc(C)no2)o1)P(=O)(O)O. The Hall–Kier alpha value is -1.43. The molecule has 0 radical (unpaired) electrons. The molecule has 8 heteroatoms. The molecule has 0 aliphatic carbocycles. The molecule has 0 saturated carbocycles. The van der Waals surface area contributed by atoms with E-state index in [0.29, 0.717) is 17.2 Å². The van der Waals surface area contributed by atoms with Crippen molar-refractivity contribution in [2.45, 2.75) is 38.8 Å². The van der Waals surface area contributed by atoms with Crippen LogP contribution in [-0.4, -0.2) is 19.9 Å². The van der Waals surface area contributed by atoms with Gasteiger partial charge < -0.3 is 18.7 Å². The lowest BCUT2D eigenvalue weighted by molar-refractivity contribution is 0.285. The van der Waals surface area contributed by atoms with Gasteiger partial charge >= 0.3 is 7.60 Å². The summed E-state index contributed by atoms with van der Waals surface area (Å²) in [4.78, 5) is 23.3. The fourth-order valence-corrected chi connectivity index (χ4v) is 3.35. The van der Waals surface area contributed by atoms with Crippen molar-refractivity contribution in [1.29, 1.82) is 0 Å². The molecule has 0 amide bonds. The first-order valence-electron chi connectivity index (χ1n) is 6.29. The first-order valence-corrected chi connectivity index (χ1v) is 7.91. The number of nitrogens with zero attached hydrogens (tertiary/aromatic N) is 2. The first-order chi connectivity index (χ1) is 9.34. The van der Waals surface area contributed by atoms with Crippen LogP contribution in [0.2, 0.25) is 0 Å². The van der Waals surface area contributed by atoms with Crippen molar-refractivity contribution < 1.29 is 23.3 Å². The fraction of sp³-hybridized carbons (Fsp3) is 0.500. The lowest BCUT2D eigenvalue weighted by Gasteiger charge is -2.28. The van der Waals surface area contributed by atoms with E-state index in [-0.39, 0.29) is 18.7 Å². The van der Waals surface area contributed by atoms with Gasteiger partial charge in [-0.1, -0.05) is 19.0 Å². The second-order valence-electron chi connectivity index (χ2n) is 4.64. The Kier molecular flexibility index (Phi) is 3.86. The van der Waals surface area contributed by atoms with Gasteiger partial charge in [0.2, 0.25) is 11.7 Å². The molecule has 0 aliphatic heterocycles. The Balaban J connectivity index is 2.47. The highest BCUT2D eigenvalue weighted by atomic mass is 31.2. The summed E-state index contributed by atoms with van der Waals surface area (Å²) in [6.07, 6.45) is 1.84. The van der Waals surface area contributed by atoms with E-state index in [0.717, 1.165) is 0 Å². The third kappa shape index (κ3) is 2.32. The molecule has 2 rings (SSSR count). The minimum atomic E-state index is -4.40. The third-order valence-corrected chi connectivity index (χ3v) is 5.44. The van der Waals surface area contributed by atoms with E-state index < -0.39 is 12.8 Å². The highest BCUT2D eigenvalue weighted by Crippen LogP contribution is 2.60. The Morgan fingerprint density at radius 2 is 1.95 bits per heavy atom. The number of hydrogen-bond acceptors (Lipinski definition) is 5. The average molecular weight is 300 g/mol. The molecule has 2 heterocycles. The van der Waals surface area contributed by atoms with Crippen LogP contribution in [0.25, 0.3) is 11.5 Å². The fourth-order valence-electron chi connectivity index (χ4n) is 2.17. The van der Waals surface area contributed by atoms with E-state index in [4.69, 9.17) is 8.94 Å². The summed E-state index contributed by atoms with van der Waals surface area (Å²) in [6.45, 7) is 5.17. The number of aryl methyl sites for hydroxylation is 1. The molecule has 0 saturated heterocycles. The molecule has 7 nitrogen and oxygen atoms in total. The van der Waals surface area contributed by atoms with E-state index in [1.807, 2.05) is 0 Å². The van der Waals surface area contributed by atoms with E-state index in [9.17, 15) is 14.4 Å². The minimum Gasteiger partial charge on any atom is -0.436 e. The molecule has 0 aliphatic rings. The van der Waals surface area contributed by atoms with E-state index in [1.165, 1.54) is 6.20 Å². The van der Waals surface area contributed by atoms with Crippen molar-refractivity contribution in [3.05, 3.63) is 23.8 Å². The van der Waals surface area contributed by atoms with Crippen LogP contribution in [0.15, 0.2) is 21.2 Å². The van der Waals surface area contributed by atoms with Gasteiger partial charge in [0.15, 0.2) is 5.76 Å². The molecule has 0 atom stereocenters. The lowest BCUT2D eigenvalue weighted by atomic mass is 10.0. The molecule has 20 heavy (non-hydrogen) atoms. The van der Waals surface area contributed by atoms with Crippen LogP contribution in [0.1, 0.15) is 38.3 Å². The van der Waals surface area contributed by atoms with Crippen LogP contribution in [0, 0.1) is 6.92 Å². The van der Waals surface area contributed by atoms with Crippen molar-refractivity contribution >= 4 is 7.60 Å². The van der Waals surface area contributed by atoms with Gasteiger partial charge in [-0.2, -0.15) is 0 Å². The van der Waals surface area contributed by atoms with E-state index >= 15 is 0 Å². The van der Waals surface area contributed by atoms with Gasteiger partial charge in [0.25, 0.3) is 0 Å². The highest BCUT2D eigenvalue weighted by molar-refractivity contribution is 7.53. The normalized spacial score (nSPS) is 12.8. The van der Waals surface area contributed by atoms with Gasteiger partial charge in [-0.05, 0) is 19.8 Å². The summed E-state index contributed by atoms with van der Waals surface area (Å²) < 4.78 is 22.4. The Labute approximate surface area is 116 Å². The molecule has 2 aromatic heterocycles. The van der Waals surface area contributed by atoms with Gasteiger partial charge in [0, 0.05) is 6.07 Å². The molecule has 0 fully saturated rings. The maximum atomic E-state index is 11.8. The number of oxazole rings is 1. The van der Waals surface area contributed by atoms with Crippen LogP contribution in [0.4, 0.5) is 0 Å². The average Bonchev–Trinajstić information content (AvgIpc) is 2.98. The second-order valence-corrected chi connectivity index (χ2v) is 6.59. The van der Waals surface area contributed by atoms with Gasteiger partial charge in [0.1, 0.15) is 5.16 Å². The summed E-state index contributed by atoms with van der Waals surface area (Å²) in [7, 11) is -4.40. The van der Waals surface area contributed by atoms with Gasteiger partial charge in [-0.3, -0.25) is 4.57 Å². The largest absolute Gasteiger partial charge is 0.436 e. The maximum Gasteiger partial charge on any atom is 0.340 e. The summed E-state index contributed by atoms with van der Waals surface area (Å²) in [5.74, 6) is 0.716. The molecular formula is C12H17N2O5P. The maximum absolute atomic E-state index is 11.8. The highest BCUT2D eigenvalue weighted by Gasteiger charge is 2.49. The zero-order chi connectivity index (χ0) is 15.0. The molecule has 2 aromatic rings. The molecular weight excluding hydrogens is 283 g/mol. The predicted molar refractivity (Wildman–Crippen MR) is 71.0 cm³/mol. The van der Waals surface area contributed by atoms with Crippen LogP contribution in [-0.2, 0) is 9.72 Å². The summed E-state index contributed by atoms with van der Waals surface area (Å²) >= 11 is 0. The smallest absolute Gasteiger partial charge is 0.340 e. The van der Waals surface area contributed by atoms with Gasteiger partial charge in [-0.25, -0.2) is 4.98 Å². The lowest BCUT2D eigenvalue weighted by Crippen LogP contribution is -2.24. The van der Waals surface area contributed by atoms with Crippen LogP contribution >= 0.6 is 7.60 Å². The predicted octanol–water partition coefficient (Wildman–Crippen LogP) is 2.83. The standard InChI is InChI=1S/C12H17N2O5P/c1-4-12(5-2,20(15,16)17)11-13-7-10(18-11)9-6-8(3)14-19-9/h6-7H,4-5H2,1-3H3,(H2,15,16,17). The zero-order valence-corrected chi connectivity index (χ0v) is 12.4. The molecule has 0 aromatic carbocycles. The van der Waals surface area contributed by atoms with E-state index in [1.54, 1.807) is 26.8 Å². The molecule has 2 N–H and O–H groups in total. The topological polar surface area (TPSA) is 110 Å². The molecule has 0 spiro atoms. The second kappa shape index (κ2) is 5.16. The van der Waals surface area contributed by atoms with E-state index in [2.05, 4.69) is 10.1 Å². The number of hydrogen-bond donors (Lipinski definition) is 2. The third-order valence-electron chi connectivity index (χ3n) is 3.50. The van der Waals surface area contributed by atoms with Crippen molar-refractivity contribution in [1.82, 2.24) is 10.1 Å². The number of rotatable bonds is 5. The summed E-state index contributed by atoms with van der Waals surface area (Å²) in [5.41, 5.74) is 0.685. The van der Waals surface area contributed by atoms with Crippen LogP contribution in [0.5, 0.6) is 0 Å². The molecule has 110 valence electrons. The van der Waals surface area contributed by atoms with Crippen molar-refractivity contribution in [2.24, 2.45) is 0 Å². The summed E-state index contributed by atoms with van der Waals surface area (Å²) in [6, 6.07) is 1.67. The van der Waals surface area contributed by atoms with Crippen molar-refractivity contribution in [2.75, 3.05) is 0 Å². The number of aromatic nitrogens is 2. The van der Waals surface area contributed by atoms with Crippen molar-refractivity contribution in [3.63, 3.8) is 0 Å². The quantitative estimate of drug-likeness (QED) is 0.817. The Bertz CT molecular complexity index is 638. The van der Waals surface area contributed by atoms with Gasteiger partial charge in [-0.15, -0.1) is 0 Å². The zero-order valence-electron chi connectivity index (χ0n) is 11.5. The van der Waals surface area contributed by atoms with Crippen LogP contribution in [0.3, 0.4) is 0 Å².